The van der Waals surface area contributed by atoms with Crippen molar-refractivity contribution in [2.24, 2.45) is 11.5 Å². The number of ether oxygens (including phenoxy) is 2. The summed E-state index contributed by atoms with van der Waals surface area (Å²) in [4.78, 5) is 12.0. The van der Waals surface area contributed by atoms with Gasteiger partial charge in [-0.3, -0.25) is 24.7 Å². The highest BCUT2D eigenvalue weighted by atomic mass is 32.2. The highest BCUT2D eigenvalue weighted by Gasteiger charge is 2.12. The fourth-order valence-corrected chi connectivity index (χ4v) is 4.91. The van der Waals surface area contributed by atoms with Gasteiger partial charge in [-0.15, -0.1) is 0 Å². The SMILES string of the molecule is N=C(N)c1ccc(OCCCCCOc2ccc(C(=N)N)cc2)cc1.O=S(=O)(O)CCO.O=S(=O)(O)CCO.O=c1cc(-c2ccccc2)oc2cc(O)cc(O)c12. The number of aliphatic hydroxyl groups excluding tert-OH is 2. The summed E-state index contributed by atoms with van der Waals surface area (Å²) in [7, 11) is -7.85. The molecule has 0 fully saturated rings. The van der Waals surface area contributed by atoms with Crippen LogP contribution in [0.5, 0.6) is 23.0 Å². The number of hydrogen-bond acceptors (Lipinski definition) is 14. The van der Waals surface area contributed by atoms with Gasteiger partial charge in [0, 0.05) is 34.9 Å². The monoisotopic (exact) mass is 846 g/mol. The molecule has 0 spiro atoms. The summed E-state index contributed by atoms with van der Waals surface area (Å²) in [6, 6.07) is 27.3. The number of nitrogens with two attached hydrogens (primary N) is 2. The van der Waals surface area contributed by atoms with E-state index in [1.54, 1.807) is 24.3 Å². The normalized spacial score (nSPS) is 10.8. The smallest absolute Gasteiger partial charge is 0.267 e. The van der Waals surface area contributed by atoms with Crippen LogP contribution in [0.2, 0.25) is 0 Å². The summed E-state index contributed by atoms with van der Waals surface area (Å²) in [6.07, 6.45) is 2.90. The summed E-state index contributed by atoms with van der Waals surface area (Å²) in [5, 5.41) is 49.6. The topological polar surface area (TPSA) is 338 Å². The minimum absolute atomic E-state index is 0.0579. The lowest BCUT2D eigenvalue weighted by Gasteiger charge is -2.08. The highest BCUT2D eigenvalue weighted by Crippen LogP contribution is 2.30. The van der Waals surface area contributed by atoms with E-state index < -0.39 is 45.0 Å². The van der Waals surface area contributed by atoms with Gasteiger partial charge < -0.3 is 45.8 Å². The van der Waals surface area contributed by atoms with Crippen LogP contribution in [0.4, 0.5) is 0 Å². The number of aromatic hydroxyl groups is 2. The van der Waals surface area contributed by atoms with Crippen molar-refractivity contribution in [2.75, 3.05) is 37.9 Å². The zero-order chi connectivity index (χ0) is 43.3. The molecule has 5 aromatic rings. The van der Waals surface area contributed by atoms with Crippen molar-refractivity contribution >= 4 is 42.9 Å². The van der Waals surface area contributed by atoms with E-state index in [1.807, 2.05) is 54.6 Å². The van der Waals surface area contributed by atoms with Crippen LogP contribution in [0.3, 0.4) is 0 Å². The van der Waals surface area contributed by atoms with Gasteiger partial charge in [0.05, 0.1) is 37.9 Å². The maximum atomic E-state index is 12.0. The predicted molar refractivity (Wildman–Crippen MR) is 218 cm³/mol. The van der Waals surface area contributed by atoms with Crippen LogP contribution >= 0.6 is 0 Å². The summed E-state index contributed by atoms with van der Waals surface area (Å²) in [5.41, 5.74) is 12.8. The van der Waals surface area contributed by atoms with Crippen LogP contribution < -0.4 is 26.4 Å². The molecule has 18 nitrogen and oxygen atoms in total. The maximum absolute atomic E-state index is 12.0. The van der Waals surface area contributed by atoms with Gasteiger partial charge in [-0.1, -0.05) is 30.3 Å². The number of benzene rings is 4. The minimum atomic E-state index is -3.92. The largest absolute Gasteiger partial charge is 0.508 e. The number of nitrogen functional groups attached to an aromatic ring is 2. The number of unbranched alkanes of at least 4 members (excludes halogenated alkanes) is 2. The molecule has 0 saturated carbocycles. The molecule has 20 heteroatoms. The second kappa shape index (κ2) is 23.9. The first-order valence-corrected chi connectivity index (χ1v) is 20.4. The van der Waals surface area contributed by atoms with Crippen molar-refractivity contribution in [3.63, 3.8) is 0 Å². The first-order chi connectivity index (χ1) is 27.3. The molecular weight excluding hydrogens is 801 g/mol. The second-order valence-corrected chi connectivity index (χ2v) is 15.0. The van der Waals surface area contributed by atoms with Crippen LogP contribution in [0.15, 0.2) is 106 Å². The fraction of sp³-hybridized carbons (Fsp3) is 0.237. The molecule has 0 amide bonds. The number of nitrogens with one attached hydrogen (secondary N) is 2. The molecule has 0 saturated heterocycles. The Bertz CT molecular complexity index is 2240. The van der Waals surface area contributed by atoms with Gasteiger partial charge in [0.1, 0.15) is 51.4 Å². The molecule has 0 radical (unpaired) electrons. The van der Waals surface area contributed by atoms with Gasteiger partial charge in [0.2, 0.25) is 0 Å². The second-order valence-electron chi connectivity index (χ2n) is 11.8. The van der Waals surface area contributed by atoms with E-state index in [0.29, 0.717) is 30.1 Å². The predicted octanol–water partition coefficient (Wildman–Crippen LogP) is 3.49. The van der Waals surface area contributed by atoms with Gasteiger partial charge >= 0.3 is 0 Å². The lowest BCUT2D eigenvalue weighted by molar-refractivity contribution is 0.279. The third-order valence-electron chi connectivity index (χ3n) is 7.21. The molecule has 0 atom stereocenters. The Balaban J connectivity index is 0.000000307. The van der Waals surface area contributed by atoms with Crippen molar-refractivity contribution in [1.82, 2.24) is 0 Å². The van der Waals surface area contributed by atoms with Gasteiger partial charge in [-0.2, -0.15) is 16.8 Å². The van der Waals surface area contributed by atoms with Crippen LogP contribution in [0.1, 0.15) is 30.4 Å². The van der Waals surface area contributed by atoms with Crippen molar-refractivity contribution < 1.29 is 60.3 Å². The summed E-state index contributed by atoms with van der Waals surface area (Å²) in [5.74, 6) is 0.480. The zero-order valence-corrected chi connectivity index (χ0v) is 32.7. The first kappa shape index (κ1) is 48.1. The first-order valence-electron chi connectivity index (χ1n) is 17.1. The minimum Gasteiger partial charge on any atom is -0.508 e. The van der Waals surface area contributed by atoms with E-state index >= 15 is 0 Å². The molecule has 0 unspecified atom stereocenters. The van der Waals surface area contributed by atoms with E-state index in [-0.39, 0.29) is 39.6 Å². The molecule has 58 heavy (non-hydrogen) atoms. The molecule has 0 bridgehead atoms. The van der Waals surface area contributed by atoms with Crippen LogP contribution in [-0.4, -0.2) is 96.0 Å². The molecule has 0 aliphatic heterocycles. The Morgan fingerprint density at radius 2 is 1.10 bits per heavy atom. The molecule has 1 heterocycles. The molecule has 4 aromatic carbocycles. The number of aliphatic hydroxyl groups is 2. The molecular formula is C38H46N4O14S2. The number of amidine groups is 2. The Hall–Kier alpha value is -6.03. The van der Waals surface area contributed by atoms with E-state index in [2.05, 4.69) is 0 Å². The summed E-state index contributed by atoms with van der Waals surface area (Å²) in [6.45, 7) is 0.233. The Labute approximate surface area is 334 Å². The Kier molecular flexibility index (Phi) is 19.8. The third kappa shape index (κ3) is 18.7. The fourth-order valence-electron chi connectivity index (χ4n) is 4.45. The van der Waals surface area contributed by atoms with Gasteiger partial charge in [-0.25, -0.2) is 0 Å². The number of rotatable bonds is 15. The lowest BCUT2D eigenvalue weighted by atomic mass is 10.1. The molecule has 314 valence electrons. The Morgan fingerprint density at radius 3 is 1.48 bits per heavy atom. The highest BCUT2D eigenvalue weighted by molar-refractivity contribution is 7.86. The number of hydrogen-bond donors (Lipinski definition) is 10. The number of fused-ring (bicyclic) bond motifs is 1. The van der Waals surface area contributed by atoms with Gasteiger partial charge in [0.25, 0.3) is 20.2 Å². The molecule has 0 aliphatic carbocycles. The standard InChI is InChI=1S/C19H24N4O2.C15H10O4.2C2H6O4S/c20-18(21)14-4-8-16(9-5-14)24-12-2-1-3-13-25-17-10-6-15(7-11-17)19(22)23;16-10-6-11(17)15-12(18)8-13(19-14(15)7-10)9-4-2-1-3-5-9;2*3-1-2-7(4,5)6/h4-11H,1-3,12-13H2,(H3,20,21)(H3,22,23);1-8,16-17H;2*3H,1-2H2,(H,4,5,6). The van der Waals surface area contributed by atoms with Crippen LogP contribution in [0.25, 0.3) is 22.3 Å². The molecule has 1 aromatic heterocycles. The maximum Gasteiger partial charge on any atom is 0.267 e. The van der Waals surface area contributed by atoms with Crippen molar-refractivity contribution in [3.05, 3.63) is 118 Å². The molecule has 5 rings (SSSR count). The van der Waals surface area contributed by atoms with E-state index in [0.717, 1.165) is 42.4 Å². The molecule has 0 aliphatic rings. The van der Waals surface area contributed by atoms with Crippen LogP contribution in [0, 0.1) is 10.8 Å². The van der Waals surface area contributed by atoms with Gasteiger partial charge in [0.15, 0.2) is 5.43 Å². The summed E-state index contributed by atoms with van der Waals surface area (Å²) < 4.78 is 71.1. The number of phenolic OH excluding ortho intramolecular Hbond substituents is 2. The quantitative estimate of drug-likeness (QED) is 0.0312. The number of phenols is 2. The van der Waals surface area contributed by atoms with Crippen LogP contribution in [-0.2, 0) is 20.2 Å². The van der Waals surface area contributed by atoms with Gasteiger partial charge in [-0.05, 0) is 67.8 Å². The van der Waals surface area contributed by atoms with Crippen molar-refractivity contribution in [2.45, 2.75) is 19.3 Å². The average molecular weight is 847 g/mol. The Morgan fingerprint density at radius 1 is 0.655 bits per heavy atom. The zero-order valence-electron chi connectivity index (χ0n) is 31.0. The van der Waals surface area contributed by atoms with E-state index in [9.17, 15) is 31.8 Å². The van der Waals surface area contributed by atoms with E-state index in [4.69, 9.17) is 55.5 Å². The average Bonchev–Trinajstić information content (AvgIpc) is 3.14. The van der Waals surface area contributed by atoms with Crippen molar-refractivity contribution in [1.29, 1.82) is 10.8 Å². The summed E-state index contributed by atoms with van der Waals surface area (Å²) >= 11 is 0. The lowest BCUT2D eigenvalue weighted by Crippen LogP contribution is -2.10. The van der Waals surface area contributed by atoms with Crippen molar-refractivity contribution in [3.8, 4) is 34.3 Å². The molecule has 12 N–H and O–H groups in total. The third-order valence-corrected chi connectivity index (χ3v) is 8.61. The van der Waals surface area contributed by atoms with E-state index in [1.165, 1.54) is 12.1 Å².